The van der Waals surface area contributed by atoms with Crippen LogP contribution >= 0.6 is 0 Å². The van der Waals surface area contributed by atoms with Gasteiger partial charge >= 0.3 is 0 Å². The second-order valence-corrected chi connectivity index (χ2v) is 5.36. The van der Waals surface area contributed by atoms with Crippen LogP contribution in [0.5, 0.6) is 11.5 Å². The topological polar surface area (TPSA) is 65.8 Å². The molecule has 3 rings (SSSR count). The number of nitrogens with one attached hydrogen (secondary N) is 1. The number of morpholine rings is 1. The molecule has 2 aromatic rings. The number of para-hydroxylation sites is 2. The molecule has 2 heterocycles. The van der Waals surface area contributed by atoms with Gasteiger partial charge in [0.25, 0.3) is 0 Å². The Bertz CT molecular complexity index is 623. The molecule has 0 spiro atoms. The summed E-state index contributed by atoms with van der Waals surface area (Å²) in [5, 5.41) is 3.31. The van der Waals surface area contributed by atoms with E-state index in [0.29, 0.717) is 37.1 Å². The molecule has 1 N–H and O–H groups in total. The number of oxazole rings is 1. The summed E-state index contributed by atoms with van der Waals surface area (Å²) >= 11 is 0. The van der Waals surface area contributed by atoms with E-state index in [1.807, 2.05) is 38.1 Å². The predicted molar refractivity (Wildman–Crippen MR) is 84.8 cm³/mol. The number of aryl methyl sites for hydroxylation is 1. The molecular weight excluding hydrogens is 296 g/mol. The summed E-state index contributed by atoms with van der Waals surface area (Å²) in [7, 11) is 0. The summed E-state index contributed by atoms with van der Waals surface area (Å²) in [6.45, 7) is 6.56. The van der Waals surface area contributed by atoms with E-state index in [0.717, 1.165) is 12.2 Å². The fourth-order valence-electron chi connectivity index (χ4n) is 2.53. The Balaban J connectivity index is 1.86. The molecule has 0 aliphatic carbocycles. The average molecular weight is 318 g/mol. The van der Waals surface area contributed by atoms with Crippen LogP contribution in [-0.2, 0) is 4.74 Å². The number of rotatable bonds is 6. The first kappa shape index (κ1) is 15.8. The zero-order valence-corrected chi connectivity index (χ0v) is 13.5. The van der Waals surface area contributed by atoms with Crippen molar-refractivity contribution in [3.05, 3.63) is 42.1 Å². The van der Waals surface area contributed by atoms with E-state index >= 15 is 0 Å². The second kappa shape index (κ2) is 7.48. The van der Waals surface area contributed by atoms with Gasteiger partial charge in [0, 0.05) is 13.1 Å². The highest BCUT2D eigenvalue weighted by Gasteiger charge is 2.32. The van der Waals surface area contributed by atoms with Crippen molar-refractivity contribution in [1.82, 2.24) is 10.3 Å². The molecule has 1 fully saturated rings. The molecule has 1 saturated heterocycles. The first-order chi connectivity index (χ1) is 11.3. The Kier molecular flexibility index (Phi) is 5.15. The summed E-state index contributed by atoms with van der Waals surface area (Å²) in [5.41, 5.74) is 0.815. The number of ether oxygens (including phenoxy) is 3. The van der Waals surface area contributed by atoms with Gasteiger partial charge in [-0.05, 0) is 26.0 Å². The zero-order chi connectivity index (χ0) is 16.1. The highest BCUT2D eigenvalue weighted by Crippen LogP contribution is 2.33. The molecule has 1 unspecified atom stereocenters. The Labute approximate surface area is 135 Å². The van der Waals surface area contributed by atoms with E-state index in [2.05, 4.69) is 10.3 Å². The Morgan fingerprint density at radius 1 is 1.35 bits per heavy atom. The van der Waals surface area contributed by atoms with Crippen molar-refractivity contribution in [3.8, 4) is 11.5 Å². The van der Waals surface area contributed by atoms with Crippen molar-refractivity contribution in [1.29, 1.82) is 0 Å². The SMILES string of the molecule is CCOc1ccccc1OC(c1nc(C)co1)[C@@H]1CNCCO1. The van der Waals surface area contributed by atoms with Crippen LogP contribution in [0.4, 0.5) is 0 Å². The van der Waals surface area contributed by atoms with Crippen molar-refractivity contribution in [2.45, 2.75) is 26.1 Å². The quantitative estimate of drug-likeness (QED) is 0.883. The lowest BCUT2D eigenvalue weighted by Crippen LogP contribution is -2.43. The second-order valence-electron chi connectivity index (χ2n) is 5.36. The van der Waals surface area contributed by atoms with E-state index in [9.17, 15) is 0 Å². The first-order valence-electron chi connectivity index (χ1n) is 7.90. The monoisotopic (exact) mass is 318 g/mol. The van der Waals surface area contributed by atoms with Crippen LogP contribution in [0.25, 0.3) is 0 Å². The minimum atomic E-state index is -0.432. The Hall–Kier alpha value is -2.05. The molecule has 0 bridgehead atoms. The van der Waals surface area contributed by atoms with Crippen molar-refractivity contribution in [2.24, 2.45) is 0 Å². The molecule has 0 saturated carbocycles. The summed E-state index contributed by atoms with van der Waals surface area (Å²) in [6, 6.07) is 7.59. The molecular formula is C17H22N2O4. The maximum absolute atomic E-state index is 6.19. The smallest absolute Gasteiger partial charge is 0.238 e. The average Bonchev–Trinajstić information content (AvgIpc) is 3.01. The van der Waals surface area contributed by atoms with E-state index in [1.165, 1.54) is 0 Å². The molecule has 23 heavy (non-hydrogen) atoms. The van der Waals surface area contributed by atoms with Gasteiger partial charge in [-0.2, -0.15) is 0 Å². The number of hydrogen-bond acceptors (Lipinski definition) is 6. The summed E-state index contributed by atoms with van der Waals surface area (Å²) in [6.07, 6.45) is 1.02. The molecule has 1 aliphatic heterocycles. The predicted octanol–water partition coefficient (Wildman–Crippen LogP) is 2.49. The van der Waals surface area contributed by atoms with Gasteiger partial charge in [0.05, 0.1) is 18.9 Å². The van der Waals surface area contributed by atoms with E-state index in [-0.39, 0.29) is 6.10 Å². The van der Waals surface area contributed by atoms with Crippen LogP contribution < -0.4 is 14.8 Å². The van der Waals surface area contributed by atoms with Crippen molar-refractivity contribution in [2.75, 3.05) is 26.3 Å². The molecule has 0 amide bonds. The summed E-state index contributed by atoms with van der Waals surface area (Å²) in [4.78, 5) is 4.42. The van der Waals surface area contributed by atoms with Crippen molar-refractivity contribution in [3.63, 3.8) is 0 Å². The minimum Gasteiger partial charge on any atom is -0.490 e. The van der Waals surface area contributed by atoms with Crippen LogP contribution in [0.15, 0.2) is 34.9 Å². The van der Waals surface area contributed by atoms with Crippen LogP contribution in [0, 0.1) is 6.92 Å². The Morgan fingerprint density at radius 3 is 2.83 bits per heavy atom. The third-order valence-corrected chi connectivity index (χ3v) is 3.58. The fraction of sp³-hybridized carbons (Fsp3) is 0.471. The van der Waals surface area contributed by atoms with Gasteiger partial charge in [0.15, 0.2) is 11.5 Å². The lowest BCUT2D eigenvalue weighted by molar-refractivity contribution is -0.0527. The molecule has 6 heteroatoms. The van der Waals surface area contributed by atoms with Crippen LogP contribution in [0.3, 0.4) is 0 Å². The largest absolute Gasteiger partial charge is 0.490 e. The standard InChI is InChI=1S/C17H22N2O4/c1-3-20-13-6-4-5-7-14(13)23-16(15-10-18-8-9-21-15)17-19-12(2)11-22-17/h4-7,11,15-16,18H,3,8-10H2,1-2H3/t15-,16?/m0/s1. The third-order valence-electron chi connectivity index (χ3n) is 3.58. The number of benzene rings is 1. The van der Waals surface area contributed by atoms with Gasteiger partial charge in [-0.25, -0.2) is 4.98 Å². The third kappa shape index (κ3) is 3.83. The normalized spacial score (nSPS) is 19.3. The van der Waals surface area contributed by atoms with E-state index < -0.39 is 6.10 Å². The lowest BCUT2D eigenvalue weighted by Gasteiger charge is -2.29. The van der Waals surface area contributed by atoms with Gasteiger partial charge in [-0.1, -0.05) is 12.1 Å². The number of hydrogen-bond donors (Lipinski definition) is 1. The molecule has 0 radical (unpaired) electrons. The van der Waals surface area contributed by atoms with Crippen molar-refractivity contribution < 1.29 is 18.6 Å². The number of aromatic nitrogens is 1. The van der Waals surface area contributed by atoms with Crippen LogP contribution in [-0.4, -0.2) is 37.4 Å². The van der Waals surface area contributed by atoms with E-state index in [4.69, 9.17) is 18.6 Å². The van der Waals surface area contributed by atoms with Crippen LogP contribution in [0.1, 0.15) is 24.6 Å². The zero-order valence-electron chi connectivity index (χ0n) is 13.5. The maximum atomic E-state index is 6.19. The lowest BCUT2D eigenvalue weighted by atomic mass is 10.1. The molecule has 1 aromatic heterocycles. The summed E-state index contributed by atoms with van der Waals surface area (Å²) < 4.78 is 23.2. The maximum Gasteiger partial charge on any atom is 0.238 e. The molecule has 124 valence electrons. The van der Waals surface area contributed by atoms with Gasteiger partial charge in [0.1, 0.15) is 12.4 Å². The van der Waals surface area contributed by atoms with Crippen LogP contribution in [0.2, 0.25) is 0 Å². The minimum absolute atomic E-state index is 0.170. The van der Waals surface area contributed by atoms with Gasteiger partial charge in [0.2, 0.25) is 12.0 Å². The van der Waals surface area contributed by atoms with E-state index in [1.54, 1.807) is 6.26 Å². The highest BCUT2D eigenvalue weighted by molar-refractivity contribution is 5.39. The number of nitrogens with zero attached hydrogens (tertiary/aromatic N) is 1. The van der Waals surface area contributed by atoms with Crippen molar-refractivity contribution >= 4 is 0 Å². The summed E-state index contributed by atoms with van der Waals surface area (Å²) in [5.74, 6) is 1.87. The van der Waals surface area contributed by atoms with Gasteiger partial charge in [-0.3, -0.25) is 0 Å². The highest BCUT2D eigenvalue weighted by atomic mass is 16.6. The first-order valence-corrected chi connectivity index (χ1v) is 7.90. The molecule has 1 aliphatic rings. The fourth-order valence-corrected chi connectivity index (χ4v) is 2.53. The Morgan fingerprint density at radius 2 is 2.17 bits per heavy atom. The van der Waals surface area contributed by atoms with Gasteiger partial charge in [-0.15, -0.1) is 0 Å². The molecule has 1 aromatic carbocycles. The molecule has 2 atom stereocenters. The van der Waals surface area contributed by atoms with Gasteiger partial charge < -0.3 is 23.9 Å². The molecule has 6 nitrogen and oxygen atoms in total.